The second kappa shape index (κ2) is 7.57. The van der Waals surface area contributed by atoms with Gasteiger partial charge in [0.05, 0.1) is 5.71 Å². The van der Waals surface area contributed by atoms with Gasteiger partial charge in [0, 0.05) is 22.5 Å². The normalized spacial score (nSPS) is 10.8. The van der Waals surface area contributed by atoms with Crippen LogP contribution in [0.2, 0.25) is 0 Å². The molecule has 0 bridgehead atoms. The number of hydrogen-bond acceptors (Lipinski definition) is 4. The van der Waals surface area contributed by atoms with Crippen LogP contribution in [0.4, 0.5) is 10.1 Å². The van der Waals surface area contributed by atoms with Crippen LogP contribution in [0.1, 0.15) is 29.2 Å². The zero-order valence-electron chi connectivity index (χ0n) is 13.6. The molecule has 0 saturated carbocycles. The molecule has 124 valence electrons. The number of nitrogens with one attached hydrogen (secondary N) is 2. The first-order chi connectivity index (χ1) is 11.5. The molecular formula is C19H21FN4. The molecule has 6 N–H and O–H groups in total. The maximum absolute atomic E-state index is 13.2. The van der Waals surface area contributed by atoms with Crippen molar-refractivity contribution in [2.24, 2.45) is 5.84 Å². The summed E-state index contributed by atoms with van der Waals surface area (Å²) in [4.78, 5) is 0. The van der Waals surface area contributed by atoms with Crippen molar-refractivity contribution in [3.63, 3.8) is 0 Å². The van der Waals surface area contributed by atoms with Gasteiger partial charge in [-0.3, -0.25) is 5.84 Å². The van der Waals surface area contributed by atoms with E-state index >= 15 is 0 Å². The molecule has 0 fully saturated rings. The SMILES string of the molecule is C=C(NN)c1ccc(N)c(C(=N)/C=C/c2cccc(F)c2)c1CC. The van der Waals surface area contributed by atoms with E-state index in [4.69, 9.17) is 17.0 Å². The molecule has 0 saturated heterocycles. The molecule has 0 aromatic heterocycles. The summed E-state index contributed by atoms with van der Waals surface area (Å²) in [5.74, 6) is 5.14. The molecule has 0 radical (unpaired) electrons. The first kappa shape index (κ1) is 17.4. The van der Waals surface area contributed by atoms with Crippen molar-refractivity contribution in [3.8, 4) is 0 Å². The van der Waals surface area contributed by atoms with Gasteiger partial charge in [-0.15, -0.1) is 0 Å². The Kier molecular flexibility index (Phi) is 5.50. The zero-order valence-corrected chi connectivity index (χ0v) is 13.6. The van der Waals surface area contributed by atoms with Crippen LogP contribution >= 0.6 is 0 Å². The molecule has 0 aliphatic carbocycles. The highest BCUT2D eigenvalue weighted by atomic mass is 19.1. The summed E-state index contributed by atoms with van der Waals surface area (Å²) in [6, 6.07) is 9.76. The number of nitrogen functional groups attached to an aromatic ring is 1. The highest BCUT2D eigenvalue weighted by Crippen LogP contribution is 2.26. The molecule has 0 spiro atoms. The molecule has 0 unspecified atom stereocenters. The van der Waals surface area contributed by atoms with E-state index in [1.807, 2.05) is 13.0 Å². The molecule has 4 nitrogen and oxygen atoms in total. The van der Waals surface area contributed by atoms with Gasteiger partial charge in [-0.05, 0) is 41.8 Å². The molecular weight excluding hydrogens is 303 g/mol. The molecule has 24 heavy (non-hydrogen) atoms. The number of hydrogen-bond donors (Lipinski definition) is 4. The van der Waals surface area contributed by atoms with Gasteiger partial charge < -0.3 is 16.6 Å². The molecule has 0 aliphatic rings. The summed E-state index contributed by atoms with van der Waals surface area (Å²) >= 11 is 0. The van der Waals surface area contributed by atoms with E-state index in [2.05, 4.69) is 12.0 Å². The van der Waals surface area contributed by atoms with Crippen molar-refractivity contribution in [1.82, 2.24) is 5.43 Å². The number of benzene rings is 2. The Morgan fingerprint density at radius 1 is 1.33 bits per heavy atom. The Labute approximate surface area is 141 Å². The molecule has 0 amide bonds. The number of allylic oxidation sites excluding steroid dienone is 1. The third-order valence-electron chi connectivity index (χ3n) is 3.76. The Balaban J connectivity index is 2.43. The second-order valence-electron chi connectivity index (χ2n) is 5.33. The average molecular weight is 324 g/mol. The minimum atomic E-state index is -0.315. The number of nitrogens with two attached hydrogens (primary N) is 2. The Morgan fingerprint density at radius 3 is 2.71 bits per heavy atom. The Hall–Kier alpha value is -2.92. The molecule has 0 heterocycles. The smallest absolute Gasteiger partial charge is 0.123 e. The number of halogens is 1. The monoisotopic (exact) mass is 324 g/mol. The lowest BCUT2D eigenvalue weighted by Gasteiger charge is -2.17. The van der Waals surface area contributed by atoms with Gasteiger partial charge in [0.25, 0.3) is 0 Å². The van der Waals surface area contributed by atoms with E-state index in [1.54, 1.807) is 30.4 Å². The van der Waals surface area contributed by atoms with E-state index < -0.39 is 0 Å². The van der Waals surface area contributed by atoms with Gasteiger partial charge >= 0.3 is 0 Å². The van der Waals surface area contributed by atoms with Crippen molar-refractivity contribution in [3.05, 3.63) is 77.1 Å². The first-order valence-electron chi connectivity index (χ1n) is 7.57. The van der Waals surface area contributed by atoms with Crippen molar-refractivity contribution < 1.29 is 4.39 Å². The lowest BCUT2D eigenvalue weighted by molar-refractivity contribution is 0.627. The summed E-state index contributed by atoms with van der Waals surface area (Å²) in [5, 5.41) is 8.37. The van der Waals surface area contributed by atoms with Crippen LogP contribution in [0.5, 0.6) is 0 Å². The van der Waals surface area contributed by atoms with Gasteiger partial charge in [0.2, 0.25) is 0 Å². The average Bonchev–Trinajstić information content (AvgIpc) is 2.58. The lowest BCUT2D eigenvalue weighted by Crippen LogP contribution is -2.21. The Morgan fingerprint density at radius 2 is 2.08 bits per heavy atom. The van der Waals surface area contributed by atoms with Crippen LogP contribution < -0.4 is 17.0 Å². The van der Waals surface area contributed by atoms with E-state index in [1.165, 1.54) is 12.1 Å². The first-order valence-corrected chi connectivity index (χ1v) is 7.57. The van der Waals surface area contributed by atoms with Gasteiger partial charge in [0.15, 0.2) is 0 Å². The minimum Gasteiger partial charge on any atom is -0.398 e. The number of rotatable bonds is 6. The van der Waals surface area contributed by atoms with Gasteiger partial charge in [0.1, 0.15) is 5.82 Å². The third kappa shape index (κ3) is 3.70. The largest absolute Gasteiger partial charge is 0.398 e. The van der Waals surface area contributed by atoms with Crippen LogP contribution in [0.15, 0.2) is 49.1 Å². The van der Waals surface area contributed by atoms with Gasteiger partial charge in [-0.25, -0.2) is 4.39 Å². The number of hydrazine groups is 1. The van der Waals surface area contributed by atoms with E-state index in [-0.39, 0.29) is 11.5 Å². The van der Waals surface area contributed by atoms with Crippen LogP contribution in [-0.2, 0) is 6.42 Å². The number of anilines is 1. The summed E-state index contributed by atoms with van der Waals surface area (Å²) in [6.07, 6.45) is 3.97. The highest BCUT2D eigenvalue weighted by Gasteiger charge is 2.14. The Bertz CT molecular complexity index is 809. The lowest BCUT2D eigenvalue weighted by atomic mass is 9.92. The van der Waals surface area contributed by atoms with Crippen molar-refractivity contribution >= 4 is 23.2 Å². The van der Waals surface area contributed by atoms with Crippen LogP contribution in [0.25, 0.3) is 11.8 Å². The maximum Gasteiger partial charge on any atom is 0.123 e. The summed E-state index contributed by atoms with van der Waals surface area (Å²) < 4.78 is 13.2. The predicted molar refractivity (Wildman–Crippen MR) is 98.9 cm³/mol. The van der Waals surface area contributed by atoms with Crippen molar-refractivity contribution in [2.75, 3.05) is 5.73 Å². The summed E-state index contributed by atoms with van der Waals surface area (Å²) in [7, 11) is 0. The maximum atomic E-state index is 13.2. The summed E-state index contributed by atoms with van der Waals surface area (Å²) in [5.41, 5.74) is 13.0. The van der Waals surface area contributed by atoms with Crippen LogP contribution in [0.3, 0.4) is 0 Å². The van der Waals surface area contributed by atoms with Crippen LogP contribution in [-0.4, -0.2) is 5.71 Å². The fraction of sp³-hybridized carbons (Fsp3) is 0.105. The topological polar surface area (TPSA) is 87.9 Å². The fourth-order valence-corrected chi connectivity index (χ4v) is 2.58. The van der Waals surface area contributed by atoms with E-state index in [0.717, 1.165) is 11.1 Å². The highest BCUT2D eigenvalue weighted by molar-refractivity contribution is 6.13. The molecule has 2 aromatic rings. The third-order valence-corrected chi connectivity index (χ3v) is 3.76. The second-order valence-corrected chi connectivity index (χ2v) is 5.33. The molecule has 5 heteroatoms. The zero-order chi connectivity index (χ0) is 17.7. The summed E-state index contributed by atoms with van der Waals surface area (Å²) in [6.45, 7) is 5.86. The quantitative estimate of drug-likeness (QED) is 0.284. The van der Waals surface area contributed by atoms with E-state index in [9.17, 15) is 4.39 Å². The molecule has 0 atom stereocenters. The molecule has 2 rings (SSSR count). The predicted octanol–water partition coefficient (Wildman–Crippen LogP) is 3.49. The van der Waals surface area contributed by atoms with Gasteiger partial charge in [-0.1, -0.05) is 37.8 Å². The minimum absolute atomic E-state index is 0.250. The fourth-order valence-electron chi connectivity index (χ4n) is 2.58. The standard InChI is InChI=1S/C19H21FN4/c1-3-15-16(12(2)24-23)8-10-18(22)19(15)17(21)9-7-13-5-4-6-14(20)11-13/h4-11,21,24H,2-3,22-23H2,1H3/b9-7+,21-17?. The van der Waals surface area contributed by atoms with Crippen molar-refractivity contribution in [1.29, 1.82) is 5.41 Å². The van der Waals surface area contributed by atoms with E-state index in [0.29, 0.717) is 28.9 Å². The molecule has 2 aromatic carbocycles. The van der Waals surface area contributed by atoms with Gasteiger partial charge in [-0.2, -0.15) is 0 Å². The van der Waals surface area contributed by atoms with Crippen LogP contribution in [0, 0.1) is 11.2 Å². The van der Waals surface area contributed by atoms with Crippen molar-refractivity contribution in [2.45, 2.75) is 13.3 Å². The molecule has 0 aliphatic heterocycles.